The maximum Gasteiger partial charge on any atom is 0.137 e. The Balaban J connectivity index is 2.42. The van der Waals surface area contributed by atoms with Gasteiger partial charge in [-0.25, -0.2) is 4.39 Å². The summed E-state index contributed by atoms with van der Waals surface area (Å²) in [6.07, 6.45) is 0. The lowest BCUT2D eigenvalue weighted by molar-refractivity contribution is 0.616. The molecule has 2 rings (SSSR count). The lowest BCUT2D eigenvalue weighted by Gasteiger charge is -2.16. The fraction of sp³-hybridized carbons (Fsp3) is 0.167. The highest BCUT2D eigenvalue weighted by Crippen LogP contribution is 2.32. The zero-order chi connectivity index (χ0) is 12.4. The van der Waals surface area contributed by atoms with E-state index in [1.54, 1.807) is 23.5 Å². The molecule has 0 aliphatic rings. The van der Waals surface area contributed by atoms with Crippen LogP contribution < -0.4 is 5.32 Å². The third kappa shape index (κ3) is 2.78. The van der Waals surface area contributed by atoms with Gasteiger partial charge in [0.25, 0.3) is 0 Å². The van der Waals surface area contributed by atoms with Crippen LogP contribution in [0.5, 0.6) is 0 Å². The van der Waals surface area contributed by atoms with Crippen LogP contribution in [0.1, 0.15) is 17.2 Å². The van der Waals surface area contributed by atoms with Gasteiger partial charge in [0.05, 0.1) is 10.5 Å². The summed E-state index contributed by atoms with van der Waals surface area (Å²) in [6.45, 7) is 0. The van der Waals surface area contributed by atoms with E-state index in [0.29, 0.717) is 4.47 Å². The highest BCUT2D eigenvalue weighted by atomic mass is 79.9. The topological polar surface area (TPSA) is 12.0 Å². The normalized spacial score (nSPS) is 12.7. The molecule has 17 heavy (non-hydrogen) atoms. The van der Waals surface area contributed by atoms with E-state index in [1.165, 1.54) is 6.07 Å². The van der Waals surface area contributed by atoms with Crippen molar-refractivity contribution in [3.63, 3.8) is 0 Å². The highest BCUT2D eigenvalue weighted by Gasteiger charge is 2.16. The van der Waals surface area contributed by atoms with Crippen LogP contribution in [0.4, 0.5) is 4.39 Å². The second-order valence-corrected chi connectivity index (χ2v) is 6.02. The third-order valence-electron chi connectivity index (χ3n) is 2.52. The standard InChI is InChI=1S/C12H10Br2FNS/c1-16-12(8-5-17-6-10(8)14)7-2-3-11(15)9(13)4-7/h2-6,12,16H,1H3. The van der Waals surface area contributed by atoms with Gasteiger partial charge in [0, 0.05) is 9.85 Å². The zero-order valence-corrected chi connectivity index (χ0v) is 13.0. The minimum absolute atomic E-state index is 0.0625. The van der Waals surface area contributed by atoms with Crippen molar-refractivity contribution in [2.75, 3.05) is 7.05 Å². The summed E-state index contributed by atoms with van der Waals surface area (Å²) in [5.41, 5.74) is 2.19. The SMILES string of the molecule is CNC(c1ccc(F)c(Br)c1)c1cscc1Br. The Labute approximate surface area is 120 Å². The summed E-state index contributed by atoms with van der Waals surface area (Å²) >= 11 is 8.38. The summed E-state index contributed by atoms with van der Waals surface area (Å²) < 4.78 is 14.8. The molecule has 5 heteroatoms. The molecule has 90 valence electrons. The molecular formula is C12H10Br2FNS. The quantitative estimate of drug-likeness (QED) is 0.814. The number of nitrogens with one attached hydrogen (secondary N) is 1. The first-order valence-electron chi connectivity index (χ1n) is 4.97. The number of rotatable bonds is 3. The highest BCUT2D eigenvalue weighted by molar-refractivity contribution is 9.10. The van der Waals surface area contributed by atoms with E-state index in [2.05, 4.69) is 42.6 Å². The predicted molar refractivity (Wildman–Crippen MR) is 77.0 cm³/mol. The fourth-order valence-corrected chi connectivity index (χ4v) is 3.64. The molecule has 1 aromatic heterocycles. The molecule has 1 N–H and O–H groups in total. The maximum absolute atomic E-state index is 13.2. The van der Waals surface area contributed by atoms with Crippen molar-refractivity contribution in [2.24, 2.45) is 0 Å². The van der Waals surface area contributed by atoms with Crippen LogP contribution >= 0.6 is 43.2 Å². The first-order valence-corrected chi connectivity index (χ1v) is 7.50. The molecule has 0 aliphatic carbocycles. The number of benzene rings is 1. The summed E-state index contributed by atoms with van der Waals surface area (Å²) in [6, 6.07) is 5.14. The van der Waals surface area contributed by atoms with Gasteiger partial charge in [0.1, 0.15) is 5.82 Å². The lowest BCUT2D eigenvalue weighted by atomic mass is 10.0. The van der Waals surface area contributed by atoms with Crippen LogP contribution in [-0.4, -0.2) is 7.05 Å². The maximum atomic E-state index is 13.2. The van der Waals surface area contributed by atoms with Gasteiger partial charge in [-0.05, 0) is 67.5 Å². The summed E-state index contributed by atoms with van der Waals surface area (Å²) in [5.74, 6) is -0.243. The van der Waals surface area contributed by atoms with Gasteiger partial charge in [0.2, 0.25) is 0 Å². The number of hydrogen-bond acceptors (Lipinski definition) is 2. The molecule has 2 aromatic rings. The molecule has 0 saturated heterocycles. The molecule has 0 aliphatic heterocycles. The Hall–Kier alpha value is -0.230. The van der Waals surface area contributed by atoms with Gasteiger partial charge >= 0.3 is 0 Å². The molecule has 1 nitrogen and oxygen atoms in total. The van der Waals surface area contributed by atoms with Gasteiger partial charge in [0.15, 0.2) is 0 Å². The van der Waals surface area contributed by atoms with Crippen molar-refractivity contribution in [1.82, 2.24) is 5.32 Å². The molecule has 1 atom stereocenters. The van der Waals surface area contributed by atoms with E-state index in [9.17, 15) is 4.39 Å². The van der Waals surface area contributed by atoms with Crippen LogP contribution in [0.3, 0.4) is 0 Å². The smallest absolute Gasteiger partial charge is 0.137 e. The summed E-state index contributed by atoms with van der Waals surface area (Å²) in [4.78, 5) is 0. The van der Waals surface area contributed by atoms with Crippen molar-refractivity contribution in [3.05, 3.63) is 54.8 Å². The lowest BCUT2D eigenvalue weighted by Crippen LogP contribution is -2.17. The molecule has 1 unspecified atom stereocenters. The Kier molecular flexibility index (Phi) is 4.36. The minimum Gasteiger partial charge on any atom is -0.309 e. The molecular weight excluding hydrogens is 369 g/mol. The molecule has 1 aromatic carbocycles. The molecule has 0 amide bonds. The molecule has 0 radical (unpaired) electrons. The van der Waals surface area contributed by atoms with E-state index in [0.717, 1.165) is 15.6 Å². The predicted octanol–water partition coefficient (Wildman–Crippen LogP) is 4.72. The Morgan fingerprint density at radius 2 is 2.00 bits per heavy atom. The fourth-order valence-electron chi connectivity index (χ4n) is 1.69. The molecule has 1 heterocycles. The van der Waals surface area contributed by atoms with Crippen LogP contribution in [-0.2, 0) is 0 Å². The van der Waals surface area contributed by atoms with E-state index >= 15 is 0 Å². The van der Waals surface area contributed by atoms with Crippen molar-refractivity contribution < 1.29 is 4.39 Å². The van der Waals surface area contributed by atoms with Crippen LogP contribution in [0.15, 0.2) is 37.9 Å². The summed E-state index contributed by atoms with van der Waals surface area (Å²) in [5, 5.41) is 7.37. The second kappa shape index (κ2) is 5.61. The Morgan fingerprint density at radius 3 is 2.53 bits per heavy atom. The number of halogens is 3. The number of hydrogen-bond donors (Lipinski definition) is 1. The molecule has 0 fully saturated rings. The largest absolute Gasteiger partial charge is 0.309 e. The van der Waals surface area contributed by atoms with Gasteiger partial charge in [-0.15, -0.1) is 0 Å². The van der Waals surface area contributed by atoms with E-state index < -0.39 is 0 Å². The van der Waals surface area contributed by atoms with Gasteiger partial charge < -0.3 is 5.32 Å². The minimum atomic E-state index is -0.243. The second-order valence-electron chi connectivity index (χ2n) is 3.57. The first kappa shape index (κ1) is 13.2. The van der Waals surface area contributed by atoms with Gasteiger partial charge in [-0.2, -0.15) is 11.3 Å². The van der Waals surface area contributed by atoms with Crippen molar-refractivity contribution >= 4 is 43.2 Å². The van der Waals surface area contributed by atoms with Gasteiger partial charge in [-0.3, -0.25) is 0 Å². The van der Waals surface area contributed by atoms with E-state index in [-0.39, 0.29) is 11.9 Å². The van der Waals surface area contributed by atoms with Crippen LogP contribution in [0, 0.1) is 5.82 Å². The Bertz CT molecular complexity index is 527. The van der Waals surface area contributed by atoms with Crippen LogP contribution in [0.2, 0.25) is 0 Å². The first-order chi connectivity index (χ1) is 8.13. The monoisotopic (exact) mass is 377 g/mol. The van der Waals surface area contributed by atoms with Crippen LogP contribution in [0.25, 0.3) is 0 Å². The molecule has 0 spiro atoms. The van der Waals surface area contributed by atoms with Crippen molar-refractivity contribution in [2.45, 2.75) is 6.04 Å². The zero-order valence-electron chi connectivity index (χ0n) is 9.01. The van der Waals surface area contributed by atoms with E-state index in [1.807, 2.05) is 12.4 Å². The van der Waals surface area contributed by atoms with E-state index in [4.69, 9.17) is 0 Å². The van der Waals surface area contributed by atoms with Crippen molar-refractivity contribution in [1.29, 1.82) is 0 Å². The van der Waals surface area contributed by atoms with Gasteiger partial charge in [-0.1, -0.05) is 6.07 Å². The average Bonchev–Trinajstić information content (AvgIpc) is 2.71. The average molecular weight is 379 g/mol. The third-order valence-corrected chi connectivity index (χ3v) is 4.88. The van der Waals surface area contributed by atoms with Crippen molar-refractivity contribution in [3.8, 4) is 0 Å². The summed E-state index contributed by atoms with van der Waals surface area (Å²) in [7, 11) is 1.89. The number of thiophene rings is 1. The Morgan fingerprint density at radius 1 is 1.24 bits per heavy atom. The molecule has 0 bridgehead atoms. The molecule has 0 saturated carbocycles.